The van der Waals surface area contributed by atoms with Crippen LogP contribution in [0.25, 0.3) is 11.0 Å². The van der Waals surface area contributed by atoms with Gasteiger partial charge >= 0.3 is 6.01 Å². The van der Waals surface area contributed by atoms with Crippen LogP contribution in [0.1, 0.15) is 42.6 Å². The predicted molar refractivity (Wildman–Crippen MR) is 91.5 cm³/mol. The number of aromatic nitrogens is 3. The van der Waals surface area contributed by atoms with Crippen molar-refractivity contribution in [1.29, 1.82) is 5.26 Å². The molecule has 1 fully saturated rings. The fraction of sp³-hybridized carbons (Fsp3) is 0.278. The number of aryl methyl sites for hydroxylation is 1. The number of halogens is 1. The number of benzene rings is 1. The number of H-pyrrole nitrogens is 1. The highest BCUT2D eigenvalue weighted by atomic mass is 35.5. The molecule has 2 heterocycles. The second-order valence-electron chi connectivity index (χ2n) is 5.90. The normalized spacial score (nSPS) is 13.9. The largest absolute Gasteiger partial charge is 0.424 e. The fourth-order valence-corrected chi connectivity index (χ4v) is 3.16. The monoisotopic (exact) mass is 338 g/mol. The minimum atomic E-state index is 0.278. The van der Waals surface area contributed by atoms with Crippen molar-refractivity contribution >= 4 is 22.6 Å². The zero-order valence-electron chi connectivity index (χ0n) is 13.1. The Morgan fingerprint density at radius 3 is 2.92 bits per heavy atom. The molecule has 1 aliphatic rings. The van der Waals surface area contributed by atoms with E-state index in [0.29, 0.717) is 27.9 Å². The van der Waals surface area contributed by atoms with E-state index in [1.807, 2.05) is 6.92 Å². The predicted octanol–water partition coefficient (Wildman–Crippen LogP) is 4.72. The van der Waals surface area contributed by atoms with E-state index in [1.165, 1.54) is 0 Å². The molecule has 1 aromatic carbocycles. The lowest BCUT2D eigenvalue weighted by Crippen LogP contribution is -1.97. The second kappa shape index (κ2) is 5.81. The zero-order valence-corrected chi connectivity index (χ0v) is 13.9. The fourth-order valence-electron chi connectivity index (χ4n) is 2.79. The number of nitrogens with zero attached hydrogens (tertiary/aromatic N) is 3. The highest BCUT2D eigenvalue weighted by Crippen LogP contribution is 2.45. The van der Waals surface area contributed by atoms with Crippen LogP contribution in [-0.2, 0) is 6.42 Å². The number of nitrogens with one attached hydrogen (secondary N) is 1. The molecule has 1 aliphatic carbocycles. The van der Waals surface area contributed by atoms with Gasteiger partial charge in [-0.25, -0.2) is 0 Å². The third-order valence-corrected chi connectivity index (χ3v) is 4.58. The highest BCUT2D eigenvalue weighted by Gasteiger charge is 2.30. The van der Waals surface area contributed by atoms with Crippen molar-refractivity contribution in [2.45, 2.75) is 32.1 Å². The Bertz CT molecular complexity index is 969. The van der Waals surface area contributed by atoms with Crippen molar-refractivity contribution in [2.75, 3.05) is 0 Å². The summed E-state index contributed by atoms with van der Waals surface area (Å²) in [7, 11) is 0. The highest BCUT2D eigenvalue weighted by molar-refractivity contribution is 6.36. The summed E-state index contributed by atoms with van der Waals surface area (Å²) in [4.78, 5) is 12.3. The van der Waals surface area contributed by atoms with Gasteiger partial charge in [0.25, 0.3) is 0 Å². The first-order chi connectivity index (χ1) is 11.7. The minimum absolute atomic E-state index is 0.278. The van der Waals surface area contributed by atoms with E-state index in [1.54, 1.807) is 24.3 Å². The van der Waals surface area contributed by atoms with E-state index in [-0.39, 0.29) is 6.01 Å². The van der Waals surface area contributed by atoms with Crippen LogP contribution in [-0.4, -0.2) is 15.0 Å². The van der Waals surface area contributed by atoms with Gasteiger partial charge in [-0.3, -0.25) is 0 Å². The van der Waals surface area contributed by atoms with Gasteiger partial charge in [-0.1, -0.05) is 24.6 Å². The molecule has 120 valence electrons. The molecule has 1 N–H and O–H groups in total. The van der Waals surface area contributed by atoms with Gasteiger partial charge in [-0.05, 0) is 37.5 Å². The molecule has 4 rings (SSSR count). The summed E-state index contributed by atoms with van der Waals surface area (Å²) in [6.45, 7) is 2.05. The molecule has 0 aliphatic heterocycles. The van der Waals surface area contributed by atoms with E-state index in [2.05, 4.69) is 21.0 Å². The average molecular weight is 339 g/mol. The summed E-state index contributed by atoms with van der Waals surface area (Å²) in [5, 5.41) is 10.6. The number of ether oxygens (including phenoxy) is 1. The standard InChI is InChI=1S/C18H15ClN4O/c1-2-13-15(19)14-16(11-6-7-11)22-18(23-17(14)21-13)24-12-5-3-4-10(8-12)9-20/h3-5,8,11H,2,6-7H2,1H3,(H,21,22,23). The Kier molecular flexibility index (Phi) is 3.62. The van der Waals surface area contributed by atoms with Crippen LogP contribution in [0, 0.1) is 11.3 Å². The number of aromatic amines is 1. The van der Waals surface area contributed by atoms with Crippen molar-refractivity contribution in [3.05, 3.63) is 46.2 Å². The Balaban J connectivity index is 1.80. The number of hydrogen-bond acceptors (Lipinski definition) is 4. The van der Waals surface area contributed by atoms with Crippen molar-refractivity contribution < 1.29 is 4.74 Å². The molecule has 0 spiro atoms. The third-order valence-electron chi connectivity index (χ3n) is 4.16. The summed E-state index contributed by atoms with van der Waals surface area (Å²) >= 11 is 6.50. The van der Waals surface area contributed by atoms with Crippen LogP contribution in [0.5, 0.6) is 11.8 Å². The molecule has 0 amide bonds. The van der Waals surface area contributed by atoms with Gasteiger partial charge in [-0.2, -0.15) is 15.2 Å². The molecule has 1 saturated carbocycles. The Hall–Kier alpha value is -2.58. The van der Waals surface area contributed by atoms with Gasteiger partial charge in [0.05, 0.1) is 27.7 Å². The summed E-state index contributed by atoms with van der Waals surface area (Å²) in [5.41, 5.74) is 3.16. The lowest BCUT2D eigenvalue weighted by atomic mass is 10.2. The van der Waals surface area contributed by atoms with Crippen LogP contribution >= 0.6 is 11.6 Å². The maximum absolute atomic E-state index is 9.00. The van der Waals surface area contributed by atoms with Crippen molar-refractivity contribution in [1.82, 2.24) is 15.0 Å². The molecule has 0 atom stereocenters. The van der Waals surface area contributed by atoms with Gasteiger partial charge in [0.2, 0.25) is 0 Å². The van der Waals surface area contributed by atoms with Crippen LogP contribution in [0.15, 0.2) is 24.3 Å². The number of nitriles is 1. The van der Waals surface area contributed by atoms with Crippen molar-refractivity contribution in [3.8, 4) is 17.8 Å². The lowest BCUT2D eigenvalue weighted by Gasteiger charge is -2.07. The SMILES string of the molecule is CCc1[nH]c2nc(Oc3cccc(C#N)c3)nc(C3CC3)c2c1Cl. The molecule has 24 heavy (non-hydrogen) atoms. The van der Waals surface area contributed by atoms with Crippen molar-refractivity contribution in [3.63, 3.8) is 0 Å². The molecule has 3 aromatic rings. The summed E-state index contributed by atoms with van der Waals surface area (Å²) in [6.07, 6.45) is 3.02. The second-order valence-corrected chi connectivity index (χ2v) is 6.28. The Labute approximate surface area is 144 Å². The van der Waals surface area contributed by atoms with Crippen LogP contribution in [0.4, 0.5) is 0 Å². The van der Waals surface area contributed by atoms with Crippen molar-refractivity contribution in [2.24, 2.45) is 0 Å². The minimum Gasteiger partial charge on any atom is -0.424 e. The summed E-state index contributed by atoms with van der Waals surface area (Å²) in [5.74, 6) is 0.963. The van der Waals surface area contributed by atoms with Gasteiger partial charge < -0.3 is 9.72 Å². The summed E-state index contributed by atoms with van der Waals surface area (Å²) < 4.78 is 5.79. The quantitative estimate of drug-likeness (QED) is 0.747. The third kappa shape index (κ3) is 2.59. The molecular formula is C18H15ClN4O. The van der Waals surface area contributed by atoms with Crippen LogP contribution in [0.2, 0.25) is 5.02 Å². The molecule has 6 heteroatoms. The average Bonchev–Trinajstić information content (AvgIpc) is 3.39. The molecule has 0 unspecified atom stereocenters. The molecule has 0 saturated heterocycles. The van der Waals surface area contributed by atoms with Gasteiger partial charge in [0, 0.05) is 11.6 Å². The first-order valence-electron chi connectivity index (χ1n) is 7.95. The topological polar surface area (TPSA) is 74.6 Å². The van der Waals surface area contributed by atoms with E-state index >= 15 is 0 Å². The Morgan fingerprint density at radius 1 is 1.38 bits per heavy atom. The number of hydrogen-bond donors (Lipinski definition) is 1. The van der Waals surface area contributed by atoms with Gasteiger partial charge in [-0.15, -0.1) is 0 Å². The van der Waals surface area contributed by atoms with Gasteiger partial charge in [0.1, 0.15) is 11.4 Å². The lowest BCUT2D eigenvalue weighted by molar-refractivity contribution is 0.442. The van der Waals surface area contributed by atoms with Crippen LogP contribution in [0.3, 0.4) is 0 Å². The molecular weight excluding hydrogens is 324 g/mol. The maximum atomic E-state index is 9.00. The van der Waals surface area contributed by atoms with E-state index in [4.69, 9.17) is 21.6 Å². The zero-order chi connectivity index (χ0) is 16.7. The number of rotatable bonds is 4. The van der Waals surface area contributed by atoms with E-state index in [9.17, 15) is 0 Å². The van der Waals surface area contributed by atoms with E-state index in [0.717, 1.165) is 36.0 Å². The molecule has 0 radical (unpaired) electrons. The van der Waals surface area contributed by atoms with Crippen LogP contribution < -0.4 is 4.74 Å². The Morgan fingerprint density at radius 2 is 2.21 bits per heavy atom. The first kappa shape index (κ1) is 15.0. The molecule has 5 nitrogen and oxygen atoms in total. The smallest absolute Gasteiger partial charge is 0.324 e. The van der Waals surface area contributed by atoms with Gasteiger partial charge in [0.15, 0.2) is 0 Å². The number of fused-ring (bicyclic) bond motifs is 1. The first-order valence-corrected chi connectivity index (χ1v) is 8.33. The summed E-state index contributed by atoms with van der Waals surface area (Å²) in [6, 6.07) is 9.33. The maximum Gasteiger partial charge on any atom is 0.324 e. The van der Waals surface area contributed by atoms with E-state index < -0.39 is 0 Å². The molecule has 0 bridgehead atoms. The molecule has 2 aromatic heterocycles.